The van der Waals surface area contributed by atoms with E-state index in [1.54, 1.807) is 0 Å². The Morgan fingerprint density at radius 1 is 1.19 bits per heavy atom. The molecule has 1 saturated heterocycles. The van der Waals surface area contributed by atoms with Crippen LogP contribution in [0.25, 0.3) is 0 Å². The monoisotopic (exact) mass is 294 g/mol. The number of rotatable bonds is 5. The molecule has 0 aromatic carbocycles. The Hall–Kier alpha value is -0.610. The first-order valence-corrected chi connectivity index (χ1v) is 8.89. The summed E-state index contributed by atoms with van der Waals surface area (Å²) in [6.07, 6.45) is 10.4. The fraction of sp³-hybridized carbons (Fsp3) is 0.941. The van der Waals surface area contributed by atoms with Crippen LogP contribution in [0.15, 0.2) is 0 Å². The van der Waals surface area contributed by atoms with Crippen LogP contribution in [-0.4, -0.2) is 49.2 Å². The summed E-state index contributed by atoms with van der Waals surface area (Å²) >= 11 is 0. The lowest BCUT2D eigenvalue weighted by molar-refractivity contribution is -0.152. The molecule has 2 atom stereocenters. The van der Waals surface area contributed by atoms with E-state index < -0.39 is 0 Å². The third kappa shape index (κ3) is 2.98. The van der Waals surface area contributed by atoms with E-state index in [4.69, 9.17) is 4.74 Å². The number of hydrogen-bond donors (Lipinski definition) is 1. The number of carbonyl (C=O) groups is 1. The van der Waals surface area contributed by atoms with Crippen molar-refractivity contribution >= 4 is 5.91 Å². The van der Waals surface area contributed by atoms with E-state index in [-0.39, 0.29) is 0 Å². The first-order valence-electron chi connectivity index (χ1n) is 8.89. The van der Waals surface area contributed by atoms with Gasteiger partial charge in [-0.1, -0.05) is 19.3 Å². The van der Waals surface area contributed by atoms with Crippen LogP contribution in [0.1, 0.15) is 58.3 Å². The third-order valence-electron chi connectivity index (χ3n) is 5.90. The van der Waals surface area contributed by atoms with E-state index in [1.165, 1.54) is 44.9 Å². The molecule has 1 aliphatic heterocycles. The zero-order valence-electron chi connectivity index (χ0n) is 13.4. The van der Waals surface area contributed by atoms with Gasteiger partial charge in [-0.25, -0.2) is 0 Å². The predicted octanol–water partition coefficient (Wildman–Crippen LogP) is 2.33. The molecule has 1 N–H and O–H groups in total. The highest BCUT2D eigenvalue weighted by molar-refractivity contribution is 5.78. The minimum absolute atomic E-state index is 0.290. The molecule has 0 aromatic heterocycles. The van der Waals surface area contributed by atoms with Crippen molar-refractivity contribution in [2.24, 2.45) is 5.41 Å². The molecule has 21 heavy (non-hydrogen) atoms. The average Bonchev–Trinajstić information content (AvgIpc) is 3.05. The van der Waals surface area contributed by atoms with Gasteiger partial charge in [0.2, 0.25) is 5.91 Å². The molecule has 120 valence electrons. The van der Waals surface area contributed by atoms with Crippen molar-refractivity contribution in [2.75, 3.05) is 26.2 Å². The summed E-state index contributed by atoms with van der Waals surface area (Å²) in [7, 11) is 0. The molecule has 0 aromatic rings. The molecule has 1 heterocycles. The van der Waals surface area contributed by atoms with Crippen LogP contribution in [0, 0.1) is 5.41 Å². The lowest BCUT2D eigenvalue weighted by atomic mass is 9.55. The Morgan fingerprint density at radius 2 is 1.90 bits per heavy atom. The third-order valence-corrected chi connectivity index (χ3v) is 5.90. The Labute approximate surface area is 128 Å². The highest BCUT2D eigenvalue weighted by atomic mass is 16.5. The molecule has 2 unspecified atom stereocenters. The Bertz CT molecular complexity index is 360. The molecular weight excluding hydrogens is 264 g/mol. The van der Waals surface area contributed by atoms with Crippen LogP contribution in [0.4, 0.5) is 0 Å². The van der Waals surface area contributed by atoms with Crippen molar-refractivity contribution in [3.8, 4) is 0 Å². The van der Waals surface area contributed by atoms with Crippen LogP contribution in [-0.2, 0) is 9.53 Å². The second-order valence-electron chi connectivity index (χ2n) is 6.99. The van der Waals surface area contributed by atoms with Gasteiger partial charge >= 0.3 is 0 Å². The molecule has 1 spiro atoms. The highest BCUT2D eigenvalue weighted by Crippen LogP contribution is 2.53. The summed E-state index contributed by atoms with van der Waals surface area (Å²) in [5, 5.41) is 3.57. The van der Waals surface area contributed by atoms with Crippen LogP contribution in [0.5, 0.6) is 0 Å². The minimum Gasteiger partial charge on any atom is -0.378 e. The predicted molar refractivity (Wildman–Crippen MR) is 83.2 cm³/mol. The molecule has 3 fully saturated rings. The summed E-state index contributed by atoms with van der Waals surface area (Å²) in [5.41, 5.74) is 0.319. The molecule has 3 rings (SSSR count). The molecule has 3 aliphatic rings. The van der Waals surface area contributed by atoms with Crippen molar-refractivity contribution in [3.05, 3.63) is 0 Å². The Balaban J connectivity index is 1.53. The standard InChI is InChI=1S/C17H30N2O2/c1-2-21-15-12-14(17(15)8-4-3-5-9-17)18-13-16(20)19-10-6-7-11-19/h14-15,18H,2-13H2,1H3. The van der Waals surface area contributed by atoms with Crippen LogP contribution < -0.4 is 5.32 Å². The fourth-order valence-electron chi connectivity index (χ4n) is 4.64. The van der Waals surface area contributed by atoms with Gasteiger partial charge in [0.25, 0.3) is 0 Å². The molecule has 4 heteroatoms. The zero-order chi connectivity index (χ0) is 14.7. The van der Waals surface area contributed by atoms with Crippen LogP contribution in [0.2, 0.25) is 0 Å². The van der Waals surface area contributed by atoms with Crippen molar-refractivity contribution in [1.82, 2.24) is 10.2 Å². The van der Waals surface area contributed by atoms with Crippen LogP contribution in [0.3, 0.4) is 0 Å². The topological polar surface area (TPSA) is 41.6 Å². The molecule has 2 aliphatic carbocycles. The van der Waals surface area contributed by atoms with Gasteiger partial charge in [-0.3, -0.25) is 4.79 Å². The molecule has 1 amide bonds. The average molecular weight is 294 g/mol. The minimum atomic E-state index is 0.290. The normalized spacial score (nSPS) is 31.4. The second-order valence-corrected chi connectivity index (χ2v) is 6.99. The van der Waals surface area contributed by atoms with Crippen LogP contribution >= 0.6 is 0 Å². The molecule has 0 radical (unpaired) electrons. The number of nitrogens with one attached hydrogen (secondary N) is 1. The maximum absolute atomic E-state index is 12.2. The fourth-order valence-corrected chi connectivity index (χ4v) is 4.64. The van der Waals surface area contributed by atoms with E-state index in [9.17, 15) is 4.79 Å². The van der Waals surface area contributed by atoms with Gasteiger partial charge < -0.3 is 15.0 Å². The SMILES string of the molecule is CCOC1CC(NCC(=O)N2CCCC2)C12CCCCC2. The molecule has 4 nitrogen and oxygen atoms in total. The van der Waals surface area contributed by atoms with E-state index in [0.717, 1.165) is 26.1 Å². The van der Waals surface area contributed by atoms with E-state index in [2.05, 4.69) is 12.2 Å². The highest BCUT2D eigenvalue weighted by Gasteiger charge is 2.55. The lowest BCUT2D eigenvalue weighted by Gasteiger charge is -2.58. The lowest BCUT2D eigenvalue weighted by Crippen LogP contribution is -2.65. The number of likely N-dealkylation sites (tertiary alicyclic amines) is 1. The van der Waals surface area contributed by atoms with Crippen molar-refractivity contribution in [3.63, 3.8) is 0 Å². The first kappa shape index (κ1) is 15.3. The summed E-state index contributed by atoms with van der Waals surface area (Å²) in [5.74, 6) is 0.290. The van der Waals surface area contributed by atoms with Gasteiger partial charge in [0, 0.05) is 31.2 Å². The van der Waals surface area contributed by atoms with Gasteiger partial charge in [0.15, 0.2) is 0 Å². The van der Waals surface area contributed by atoms with Gasteiger partial charge in [-0.15, -0.1) is 0 Å². The number of hydrogen-bond acceptors (Lipinski definition) is 3. The van der Waals surface area contributed by atoms with Crippen molar-refractivity contribution < 1.29 is 9.53 Å². The van der Waals surface area contributed by atoms with Crippen molar-refractivity contribution in [1.29, 1.82) is 0 Å². The summed E-state index contributed by atoms with van der Waals surface area (Å²) < 4.78 is 5.97. The summed E-state index contributed by atoms with van der Waals surface area (Å²) in [6.45, 7) is 5.33. The number of amides is 1. The smallest absolute Gasteiger partial charge is 0.236 e. The second kappa shape index (κ2) is 6.66. The Morgan fingerprint density at radius 3 is 2.57 bits per heavy atom. The zero-order valence-corrected chi connectivity index (χ0v) is 13.4. The maximum atomic E-state index is 12.2. The number of carbonyl (C=O) groups excluding carboxylic acids is 1. The Kier molecular flexibility index (Phi) is 4.85. The van der Waals surface area contributed by atoms with E-state index >= 15 is 0 Å². The van der Waals surface area contributed by atoms with Gasteiger partial charge in [-0.05, 0) is 39.0 Å². The molecule has 0 bridgehead atoms. The van der Waals surface area contributed by atoms with E-state index in [0.29, 0.717) is 30.0 Å². The van der Waals surface area contributed by atoms with Crippen molar-refractivity contribution in [2.45, 2.75) is 70.4 Å². The maximum Gasteiger partial charge on any atom is 0.236 e. The molecular formula is C17H30N2O2. The number of nitrogens with zero attached hydrogens (tertiary/aromatic N) is 1. The number of ether oxygens (including phenoxy) is 1. The van der Waals surface area contributed by atoms with E-state index in [1.807, 2.05) is 4.90 Å². The van der Waals surface area contributed by atoms with Gasteiger partial charge in [0.05, 0.1) is 12.6 Å². The summed E-state index contributed by atoms with van der Waals surface area (Å²) in [6, 6.07) is 0.487. The largest absolute Gasteiger partial charge is 0.378 e. The van der Waals surface area contributed by atoms with Gasteiger partial charge in [0.1, 0.15) is 0 Å². The first-order chi connectivity index (χ1) is 10.3. The van der Waals surface area contributed by atoms with Gasteiger partial charge in [-0.2, -0.15) is 0 Å². The molecule has 2 saturated carbocycles. The quantitative estimate of drug-likeness (QED) is 0.846. The summed E-state index contributed by atoms with van der Waals surface area (Å²) in [4.78, 5) is 14.2.